The lowest BCUT2D eigenvalue weighted by molar-refractivity contribution is -0.319. The summed E-state index contributed by atoms with van der Waals surface area (Å²) in [5, 5.41) is 62.1. The van der Waals surface area contributed by atoms with Gasteiger partial charge >= 0.3 is 11.9 Å². The zero-order valence-electron chi connectivity index (χ0n) is 43.0. The number of rotatable bonds is 12. The number of hydrogen-bond acceptors (Lipinski definition) is 17. The van der Waals surface area contributed by atoms with Crippen LogP contribution in [-0.4, -0.2) is 179 Å². The van der Waals surface area contributed by atoms with E-state index >= 15 is 0 Å². The van der Waals surface area contributed by atoms with Gasteiger partial charge in [-0.25, -0.2) is 0 Å². The number of likely N-dealkylation sites (N-methyl/N-ethyl adjacent to an activating group) is 2. The molecule has 1 unspecified atom stereocenters. The second kappa shape index (κ2) is 24.1. The van der Waals surface area contributed by atoms with Crippen molar-refractivity contribution in [3.05, 3.63) is 58.1 Å². The number of cyclic esters (lactones) is 1. The third-order valence-electron chi connectivity index (χ3n) is 14.8. The van der Waals surface area contributed by atoms with Gasteiger partial charge in [-0.05, 0) is 112 Å². The summed E-state index contributed by atoms with van der Waals surface area (Å²) in [5.74, 6) is -3.88. The molecule has 2 aromatic carbocycles. The van der Waals surface area contributed by atoms with E-state index in [0.717, 1.165) is 0 Å². The van der Waals surface area contributed by atoms with Gasteiger partial charge in [0.1, 0.15) is 17.8 Å². The van der Waals surface area contributed by atoms with Gasteiger partial charge < -0.3 is 73.8 Å². The molecule has 396 valence electrons. The smallest absolute Gasteiger partial charge is 0.311 e. The van der Waals surface area contributed by atoms with Gasteiger partial charge in [0.15, 0.2) is 24.8 Å². The Kier molecular flexibility index (Phi) is 20.0. The lowest BCUT2D eigenvalue weighted by atomic mass is 9.77. The predicted molar refractivity (Wildman–Crippen MR) is 265 cm³/mol. The Morgan fingerprint density at radius 2 is 1.56 bits per heavy atom. The molecule has 3 heterocycles. The van der Waals surface area contributed by atoms with Crippen LogP contribution in [0, 0.1) is 17.8 Å². The van der Waals surface area contributed by atoms with Gasteiger partial charge in [0.05, 0.1) is 76.3 Å². The number of nitrogens with one attached hydrogen (secondary N) is 1. The van der Waals surface area contributed by atoms with Gasteiger partial charge in [0.2, 0.25) is 0 Å². The molecule has 6 N–H and O–H groups in total. The van der Waals surface area contributed by atoms with Crippen LogP contribution in [0.3, 0.4) is 0 Å². The molecule has 19 heteroatoms. The highest BCUT2D eigenvalue weighted by Crippen LogP contribution is 2.41. The van der Waals surface area contributed by atoms with E-state index in [1.165, 1.54) is 14.0 Å². The fraction of sp³-hybridized carbons (Fsp3) is 0.725. The van der Waals surface area contributed by atoms with Crippen molar-refractivity contribution in [3.8, 4) is 0 Å². The highest BCUT2D eigenvalue weighted by Gasteiger charge is 2.53. The normalized spacial score (nSPS) is 39.7. The fourth-order valence-electron chi connectivity index (χ4n) is 10.5. The molecule has 18 atom stereocenters. The quantitative estimate of drug-likeness (QED) is 0.148. The van der Waals surface area contributed by atoms with Crippen LogP contribution in [0.1, 0.15) is 87.1 Å². The average molecular weight is 1030 g/mol. The van der Waals surface area contributed by atoms with Gasteiger partial charge in [-0.2, -0.15) is 0 Å². The fourth-order valence-corrected chi connectivity index (χ4v) is 11.0. The molecular formula is C51H79Cl2N3O14. The van der Waals surface area contributed by atoms with Gasteiger partial charge in [0.25, 0.3) is 0 Å². The molecule has 0 aromatic heterocycles. The van der Waals surface area contributed by atoms with Gasteiger partial charge in [-0.1, -0.05) is 61.3 Å². The Hall–Kier alpha value is -2.72. The minimum absolute atomic E-state index is 0.0409. The van der Waals surface area contributed by atoms with Gasteiger partial charge in [-0.15, -0.1) is 0 Å². The second-order valence-electron chi connectivity index (χ2n) is 21.0. The summed E-state index contributed by atoms with van der Waals surface area (Å²) < 4.78 is 44.8. The maximum Gasteiger partial charge on any atom is 0.311 e. The SMILES string of the molecule is CO[C@]1(C)C[C@H](O[C@H]2[C@H](C)[C@@H](OC3O[C@H](C)C[C@H](N(C)C)[C@H]3OC(=O)Cc3ccccc3Nc3c(Cl)cccc3Cl)[C@](C)(O)C[C@@H](C)CN(C)[C@H](C)[C@@H](O)[C@](C)(O)[C@@H](CO)OC(=O)[C@@H]2C)O[C@@H](C)[C@@H]1O. The number of esters is 2. The highest BCUT2D eigenvalue weighted by atomic mass is 35.5. The molecule has 5 rings (SSSR count). The van der Waals surface area contributed by atoms with Crippen molar-refractivity contribution in [1.29, 1.82) is 0 Å². The summed E-state index contributed by atoms with van der Waals surface area (Å²) in [6.45, 7) is 14.7. The first kappa shape index (κ1) is 58.2. The van der Waals surface area contributed by atoms with E-state index in [0.29, 0.717) is 39.9 Å². The molecule has 0 spiro atoms. The number of halogens is 2. The van der Waals surface area contributed by atoms with Crippen molar-refractivity contribution in [2.24, 2.45) is 17.8 Å². The van der Waals surface area contributed by atoms with Crippen molar-refractivity contribution in [3.63, 3.8) is 0 Å². The Labute approximate surface area is 423 Å². The molecule has 3 saturated heterocycles. The lowest BCUT2D eigenvalue weighted by Crippen LogP contribution is -2.61. The summed E-state index contributed by atoms with van der Waals surface area (Å²) in [4.78, 5) is 32.5. The zero-order chi connectivity index (χ0) is 52.2. The Morgan fingerprint density at radius 1 is 0.914 bits per heavy atom. The number of carbonyl (C=O) groups excluding carboxylic acids is 2. The van der Waals surface area contributed by atoms with E-state index in [9.17, 15) is 35.1 Å². The minimum Gasteiger partial charge on any atom is -0.456 e. The number of nitrogens with zero attached hydrogens (tertiary/aromatic N) is 2. The van der Waals surface area contributed by atoms with Crippen LogP contribution in [-0.2, 0) is 49.2 Å². The number of hydrogen-bond donors (Lipinski definition) is 6. The highest BCUT2D eigenvalue weighted by molar-refractivity contribution is 6.39. The van der Waals surface area contributed by atoms with Crippen molar-refractivity contribution in [1.82, 2.24) is 9.80 Å². The van der Waals surface area contributed by atoms with Gasteiger partial charge in [0, 0.05) is 37.7 Å². The Morgan fingerprint density at radius 3 is 2.17 bits per heavy atom. The Balaban J connectivity index is 1.58. The van der Waals surface area contributed by atoms with Crippen LogP contribution in [0.4, 0.5) is 11.4 Å². The number of methoxy groups -OCH3 is 1. The molecule has 17 nitrogen and oxygen atoms in total. The molecule has 0 saturated carbocycles. The van der Waals surface area contributed by atoms with E-state index in [4.69, 9.17) is 56.4 Å². The second-order valence-corrected chi connectivity index (χ2v) is 21.8. The summed E-state index contributed by atoms with van der Waals surface area (Å²) in [6.07, 6.45) is -10.6. The molecule has 2 aromatic rings. The standard InChI is InChI=1S/C51H79Cl2N3O14/c1-27-23-49(7,62)46(70-48-43(37(55(10)11)21-28(2)65-48)68-39(58)22-33-17-14-15-20-36(33)54-41-34(52)18-16-19-35(41)53)29(3)42(69-40-24-50(8,64-13)45(60)32(6)66-40)30(4)47(61)67-38(26-57)51(9,63)44(59)31(5)56(12)25-27/h14-20,27-32,37-38,40,42-46,48,54,57,59-60,62-63H,21-26H2,1-13H3/t27-,28-,29+,30-,31-,32+,37+,38-,40+,42+,43-,44-,45+,46-,48?,49-,50-,51-/m1/s1. The number of carbonyl (C=O) groups is 2. The monoisotopic (exact) mass is 1030 g/mol. The maximum absolute atomic E-state index is 14.5. The van der Waals surface area contributed by atoms with Crippen molar-refractivity contribution < 1.29 is 68.3 Å². The average Bonchev–Trinajstić information content (AvgIpc) is 3.28. The largest absolute Gasteiger partial charge is 0.456 e. The number of aliphatic hydroxyl groups is 5. The minimum atomic E-state index is -2.11. The first-order valence-corrected chi connectivity index (χ1v) is 25.0. The number of ether oxygens (including phenoxy) is 7. The molecule has 3 aliphatic rings. The summed E-state index contributed by atoms with van der Waals surface area (Å²) in [5.41, 5.74) is -3.27. The summed E-state index contributed by atoms with van der Waals surface area (Å²) in [7, 11) is 6.98. The maximum atomic E-state index is 14.5. The first-order valence-electron chi connectivity index (χ1n) is 24.3. The number of aliphatic hydroxyl groups excluding tert-OH is 3. The molecule has 3 fully saturated rings. The lowest BCUT2D eigenvalue weighted by Gasteiger charge is -2.49. The molecule has 0 bridgehead atoms. The first-order chi connectivity index (χ1) is 32.6. The molecule has 0 radical (unpaired) electrons. The Bertz CT molecular complexity index is 2030. The van der Waals surface area contributed by atoms with Crippen LogP contribution >= 0.6 is 23.2 Å². The molecule has 0 aliphatic carbocycles. The van der Waals surface area contributed by atoms with Crippen molar-refractivity contribution >= 4 is 46.5 Å². The zero-order valence-corrected chi connectivity index (χ0v) is 44.5. The van der Waals surface area contributed by atoms with Crippen LogP contribution in [0.15, 0.2) is 42.5 Å². The number of benzene rings is 2. The van der Waals surface area contributed by atoms with Crippen LogP contribution in [0.2, 0.25) is 10.0 Å². The summed E-state index contributed by atoms with van der Waals surface area (Å²) >= 11 is 13.0. The third-order valence-corrected chi connectivity index (χ3v) is 15.4. The molecule has 3 aliphatic heterocycles. The molecule has 70 heavy (non-hydrogen) atoms. The van der Waals surface area contributed by atoms with E-state index in [1.54, 1.807) is 85.0 Å². The summed E-state index contributed by atoms with van der Waals surface area (Å²) in [6, 6.07) is 11.3. The van der Waals surface area contributed by atoms with Crippen molar-refractivity contribution in [2.45, 2.75) is 178 Å². The predicted octanol–water partition coefficient (Wildman–Crippen LogP) is 5.33. The van der Waals surface area contributed by atoms with E-state index in [2.05, 4.69) is 5.32 Å². The van der Waals surface area contributed by atoms with Crippen LogP contribution in [0.25, 0.3) is 0 Å². The number of para-hydroxylation sites is 2. The molecule has 0 amide bonds. The van der Waals surface area contributed by atoms with E-state index < -0.39 is 121 Å². The van der Waals surface area contributed by atoms with Crippen molar-refractivity contribution in [2.75, 3.05) is 46.7 Å². The van der Waals surface area contributed by atoms with Crippen LogP contribution < -0.4 is 5.32 Å². The third kappa shape index (κ3) is 13.5. The number of anilines is 2. The topological polar surface area (TPSA) is 218 Å². The van der Waals surface area contributed by atoms with Gasteiger partial charge in [-0.3, -0.25) is 9.59 Å². The molecular weight excluding hydrogens is 949 g/mol. The van der Waals surface area contributed by atoms with E-state index in [-0.39, 0.29) is 25.2 Å². The van der Waals surface area contributed by atoms with E-state index in [1.807, 2.05) is 43.8 Å². The van der Waals surface area contributed by atoms with Crippen LogP contribution in [0.5, 0.6) is 0 Å².